The first-order valence-corrected chi connectivity index (χ1v) is 8.25. The average Bonchev–Trinajstić information content (AvgIpc) is 3.09. The van der Waals surface area contributed by atoms with Gasteiger partial charge in [0.1, 0.15) is 5.75 Å². The molecule has 5 nitrogen and oxygen atoms in total. The minimum atomic E-state index is -0.0622. The van der Waals surface area contributed by atoms with Crippen LogP contribution >= 0.6 is 0 Å². The van der Waals surface area contributed by atoms with Gasteiger partial charge in [0, 0.05) is 12.1 Å². The molecule has 1 aromatic heterocycles. The molecule has 0 aliphatic carbocycles. The van der Waals surface area contributed by atoms with Gasteiger partial charge in [-0.15, -0.1) is 0 Å². The molecule has 0 unspecified atom stereocenters. The Hall–Kier alpha value is -2.82. The second kappa shape index (κ2) is 6.35. The van der Waals surface area contributed by atoms with E-state index in [1.165, 1.54) is 11.1 Å². The minimum Gasteiger partial charge on any atom is -0.493 e. The van der Waals surface area contributed by atoms with Crippen LogP contribution in [0.4, 0.5) is 0 Å². The largest absolute Gasteiger partial charge is 0.493 e. The number of aromatic nitrogens is 2. The number of imidazole rings is 1. The number of hydrogen-bond donors (Lipinski definition) is 2. The molecule has 0 saturated carbocycles. The molecule has 4 rings (SSSR count). The first-order valence-electron chi connectivity index (χ1n) is 8.25. The summed E-state index contributed by atoms with van der Waals surface area (Å²) in [5, 5.41) is 2.98. The van der Waals surface area contributed by atoms with E-state index in [1.807, 2.05) is 18.2 Å². The second-order valence-corrected chi connectivity index (χ2v) is 6.03. The van der Waals surface area contributed by atoms with E-state index in [0.29, 0.717) is 12.1 Å². The molecule has 0 spiro atoms. The molecule has 24 heavy (non-hydrogen) atoms. The highest BCUT2D eigenvalue weighted by Crippen LogP contribution is 2.25. The molecule has 5 heteroatoms. The lowest BCUT2D eigenvalue weighted by molar-refractivity contribution is 0.0954. The molecule has 2 heterocycles. The lowest BCUT2D eigenvalue weighted by Gasteiger charge is -2.17. The first-order chi connectivity index (χ1) is 11.8. The summed E-state index contributed by atoms with van der Waals surface area (Å²) in [7, 11) is 0. The van der Waals surface area contributed by atoms with Crippen LogP contribution < -0.4 is 10.1 Å². The maximum absolute atomic E-state index is 12.3. The molecule has 2 aromatic carbocycles. The van der Waals surface area contributed by atoms with Gasteiger partial charge in [-0.2, -0.15) is 0 Å². The third kappa shape index (κ3) is 2.97. The van der Waals surface area contributed by atoms with Crippen molar-refractivity contribution in [2.24, 2.45) is 0 Å². The van der Waals surface area contributed by atoms with Gasteiger partial charge >= 0.3 is 0 Å². The summed E-state index contributed by atoms with van der Waals surface area (Å²) in [6.07, 6.45) is 4.58. The molecule has 0 atom stereocenters. The molecule has 0 radical (unpaired) electrons. The van der Waals surface area contributed by atoms with Crippen molar-refractivity contribution in [3.63, 3.8) is 0 Å². The molecule has 1 aliphatic heterocycles. The van der Waals surface area contributed by atoms with E-state index in [9.17, 15) is 4.79 Å². The minimum absolute atomic E-state index is 0.0622. The third-order valence-electron chi connectivity index (χ3n) is 4.35. The summed E-state index contributed by atoms with van der Waals surface area (Å²) >= 11 is 0. The normalized spacial score (nSPS) is 13.3. The lowest BCUT2D eigenvalue weighted by Crippen LogP contribution is -2.25. The number of nitrogens with zero attached hydrogens (tertiary/aromatic N) is 1. The van der Waals surface area contributed by atoms with E-state index in [2.05, 4.69) is 27.4 Å². The van der Waals surface area contributed by atoms with Crippen LogP contribution in [-0.2, 0) is 12.8 Å². The smallest absolute Gasteiger partial charge is 0.251 e. The topological polar surface area (TPSA) is 67.0 Å². The molecule has 0 fully saturated rings. The van der Waals surface area contributed by atoms with Crippen molar-refractivity contribution in [1.82, 2.24) is 15.3 Å². The van der Waals surface area contributed by atoms with Crippen LogP contribution in [0.1, 0.15) is 27.9 Å². The van der Waals surface area contributed by atoms with E-state index in [-0.39, 0.29) is 5.91 Å². The number of carbonyl (C=O) groups is 1. The highest BCUT2D eigenvalue weighted by atomic mass is 16.5. The number of amides is 1. The van der Waals surface area contributed by atoms with Crippen LogP contribution in [-0.4, -0.2) is 29.0 Å². The second-order valence-electron chi connectivity index (χ2n) is 6.03. The van der Waals surface area contributed by atoms with Crippen LogP contribution in [0.15, 0.2) is 42.7 Å². The fourth-order valence-electron chi connectivity index (χ4n) is 3.07. The van der Waals surface area contributed by atoms with Crippen molar-refractivity contribution < 1.29 is 9.53 Å². The highest BCUT2D eigenvalue weighted by Gasteiger charge is 2.11. The third-order valence-corrected chi connectivity index (χ3v) is 4.35. The monoisotopic (exact) mass is 321 g/mol. The maximum Gasteiger partial charge on any atom is 0.251 e. The van der Waals surface area contributed by atoms with Crippen LogP contribution in [0, 0.1) is 0 Å². The molecule has 2 N–H and O–H groups in total. The number of fused-ring (bicyclic) bond motifs is 2. The van der Waals surface area contributed by atoms with E-state index < -0.39 is 0 Å². The summed E-state index contributed by atoms with van der Waals surface area (Å²) in [6.45, 7) is 1.42. The summed E-state index contributed by atoms with van der Waals surface area (Å²) in [5.41, 5.74) is 4.88. The number of aromatic amines is 1. The van der Waals surface area contributed by atoms with Gasteiger partial charge in [0.25, 0.3) is 5.91 Å². The molecule has 0 bridgehead atoms. The van der Waals surface area contributed by atoms with Crippen LogP contribution in [0.5, 0.6) is 5.75 Å². The Morgan fingerprint density at radius 3 is 3.17 bits per heavy atom. The van der Waals surface area contributed by atoms with Crippen molar-refractivity contribution in [2.45, 2.75) is 19.3 Å². The Labute approximate surface area is 140 Å². The lowest BCUT2D eigenvalue weighted by atomic mass is 10.0. The van der Waals surface area contributed by atoms with Gasteiger partial charge < -0.3 is 15.0 Å². The van der Waals surface area contributed by atoms with Gasteiger partial charge in [0.2, 0.25) is 0 Å². The Morgan fingerprint density at radius 2 is 2.21 bits per heavy atom. The summed E-state index contributed by atoms with van der Waals surface area (Å²) in [5.74, 6) is 0.940. The summed E-state index contributed by atoms with van der Waals surface area (Å²) in [4.78, 5) is 19.4. The van der Waals surface area contributed by atoms with Gasteiger partial charge in [0.15, 0.2) is 0 Å². The van der Waals surface area contributed by atoms with Crippen molar-refractivity contribution >= 4 is 16.9 Å². The molecule has 1 aliphatic rings. The van der Waals surface area contributed by atoms with E-state index in [1.54, 1.807) is 12.4 Å². The number of aryl methyl sites for hydroxylation is 1. The molecular formula is C19H19N3O2. The maximum atomic E-state index is 12.3. The number of benzene rings is 2. The Morgan fingerprint density at radius 1 is 1.25 bits per heavy atom. The zero-order valence-electron chi connectivity index (χ0n) is 13.3. The van der Waals surface area contributed by atoms with Gasteiger partial charge in [-0.3, -0.25) is 4.79 Å². The van der Waals surface area contributed by atoms with Crippen LogP contribution in [0.2, 0.25) is 0 Å². The van der Waals surface area contributed by atoms with E-state index >= 15 is 0 Å². The number of nitrogens with one attached hydrogen (secondary N) is 2. The number of carbonyl (C=O) groups excluding carboxylic acids is 1. The fraction of sp³-hybridized carbons (Fsp3) is 0.263. The predicted molar refractivity (Wildman–Crippen MR) is 92.4 cm³/mol. The average molecular weight is 321 g/mol. The Bertz CT molecular complexity index is 885. The molecule has 122 valence electrons. The molecular weight excluding hydrogens is 302 g/mol. The molecule has 0 saturated heterocycles. The zero-order valence-corrected chi connectivity index (χ0v) is 13.3. The SMILES string of the molecule is O=C(NCCc1ccc2c(c1)CCCO2)c1ccc2nc[nH]c2c1. The van der Waals surface area contributed by atoms with Crippen LogP contribution in [0.3, 0.4) is 0 Å². The van der Waals surface area contributed by atoms with E-state index in [4.69, 9.17) is 4.74 Å². The quantitative estimate of drug-likeness (QED) is 0.776. The predicted octanol–water partition coefficient (Wildman–Crippen LogP) is 2.86. The number of rotatable bonds is 4. The number of H-pyrrole nitrogens is 1. The summed E-state index contributed by atoms with van der Waals surface area (Å²) in [6, 6.07) is 11.8. The fourth-order valence-corrected chi connectivity index (χ4v) is 3.07. The van der Waals surface area contributed by atoms with Gasteiger partial charge in [0.05, 0.1) is 24.0 Å². The highest BCUT2D eigenvalue weighted by molar-refractivity contribution is 5.97. The van der Waals surface area contributed by atoms with Crippen molar-refractivity contribution in [2.75, 3.05) is 13.2 Å². The van der Waals surface area contributed by atoms with Gasteiger partial charge in [-0.25, -0.2) is 4.98 Å². The van der Waals surface area contributed by atoms with Gasteiger partial charge in [-0.05, 0) is 54.7 Å². The van der Waals surface area contributed by atoms with Crippen LogP contribution in [0.25, 0.3) is 11.0 Å². The molecule has 1 amide bonds. The Balaban J connectivity index is 1.37. The molecule has 3 aromatic rings. The Kier molecular flexibility index (Phi) is 3.91. The van der Waals surface area contributed by atoms with Gasteiger partial charge in [-0.1, -0.05) is 12.1 Å². The van der Waals surface area contributed by atoms with Crippen molar-refractivity contribution in [1.29, 1.82) is 0 Å². The number of ether oxygens (including phenoxy) is 1. The van der Waals surface area contributed by atoms with Crippen molar-refractivity contribution in [3.8, 4) is 5.75 Å². The standard InChI is InChI=1S/C19H19N3O2/c23-19(15-4-5-16-17(11-15)22-12-21-16)20-8-7-13-3-6-18-14(10-13)2-1-9-24-18/h3-6,10-12H,1-2,7-9H2,(H,20,23)(H,21,22). The first kappa shape index (κ1) is 14.8. The zero-order chi connectivity index (χ0) is 16.4. The summed E-state index contributed by atoms with van der Waals surface area (Å²) < 4.78 is 5.63. The van der Waals surface area contributed by atoms with E-state index in [0.717, 1.165) is 42.7 Å². The number of hydrogen-bond acceptors (Lipinski definition) is 3. The van der Waals surface area contributed by atoms with Crippen molar-refractivity contribution in [3.05, 3.63) is 59.4 Å².